The Kier molecular flexibility index (Phi) is 6.10. The van der Waals surface area contributed by atoms with E-state index in [9.17, 15) is 4.79 Å². The highest BCUT2D eigenvalue weighted by molar-refractivity contribution is 5.94. The topological polar surface area (TPSA) is 54.5 Å². The maximum absolute atomic E-state index is 12.5. The van der Waals surface area contributed by atoms with Crippen molar-refractivity contribution in [2.24, 2.45) is 0 Å². The number of carbonyl (C=O) groups excluding carboxylic acids is 1. The van der Waals surface area contributed by atoms with E-state index < -0.39 is 0 Å². The van der Waals surface area contributed by atoms with Gasteiger partial charge in [0.25, 0.3) is 5.91 Å². The molecule has 2 aromatic rings. The van der Waals surface area contributed by atoms with Crippen LogP contribution in [0.5, 0.6) is 5.75 Å². The van der Waals surface area contributed by atoms with Crippen molar-refractivity contribution in [1.29, 1.82) is 0 Å². The molecule has 5 nitrogen and oxygen atoms in total. The van der Waals surface area contributed by atoms with Crippen molar-refractivity contribution >= 4 is 11.6 Å². The summed E-state index contributed by atoms with van der Waals surface area (Å²) < 4.78 is 5.15. The summed E-state index contributed by atoms with van der Waals surface area (Å²) in [6.07, 6.45) is 8.32. The lowest BCUT2D eigenvalue weighted by atomic mass is 9.99. The molecule has 1 aliphatic rings. The molecule has 0 aliphatic carbocycles. The summed E-state index contributed by atoms with van der Waals surface area (Å²) in [6, 6.07) is 10.2. The molecular formula is C21H27N3O2. The molecule has 1 aromatic heterocycles. The van der Waals surface area contributed by atoms with E-state index >= 15 is 0 Å². The molecule has 1 atom stereocenters. The van der Waals surface area contributed by atoms with Crippen LogP contribution in [0.25, 0.3) is 0 Å². The molecule has 1 saturated heterocycles. The van der Waals surface area contributed by atoms with Gasteiger partial charge in [0, 0.05) is 25.3 Å². The number of ether oxygens (including phenoxy) is 1. The summed E-state index contributed by atoms with van der Waals surface area (Å²) in [6.45, 7) is 3.74. The van der Waals surface area contributed by atoms with Gasteiger partial charge in [-0.05, 0) is 49.4 Å². The molecule has 1 fully saturated rings. The Morgan fingerprint density at radius 2 is 2.08 bits per heavy atom. The van der Waals surface area contributed by atoms with E-state index in [1.54, 1.807) is 13.3 Å². The lowest BCUT2D eigenvalue weighted by Gasteiger charge is -2.37. The Hall–Kier alpha value is -2.56. The Morgan fingerprint density at radius 3 is 2.81 bits per heavy atom. The SMILES string of the molecule is CCC1CCCCN1c1cncc(C(=O)NCc2ccc(OC)cc2)c1. The summed E-state index contributed by atoms with van der Waals surface area (Å²) in [5.41, 5.74) is 2.69. The average Bonchev–Trinajstić information content (AvgIpc) is 2.72. The third-order valence-electron chi connectivity index (χ3n) is 5.03. The van der Waals surface area contributed by atoms with E-state index in [0.29, 0.717) is 18.2 Å². The molecule has 3 rings (SSSR count). The van der Waals surface area contributed by atoms with E-state index in [2.05, 4.69) is 22.1 Å². The second kappa shape index (κ2) is 8.70. The molecule has 1 aromatic carbocycles. The average molecular weight is 353 g/mol. The highest BCUT2D eigenvalue weighted by Crippen LogP contribution is 2.26. The number of benzene rings is 1. The number of hydrogen-bond acceptors (Lipinski definition) is 4. The Labute approximate surface area is 155 Å². The molecule has 0 radical (unpaired) electrons. The van der Waals surface area contributed by atoms with Crippen LogP contribution in [0.2, 0.25) is 0 Å². The minimum Gasteiger partial charge on any atom is -0.497 e. The third-order valence-corrected chi connectivity index (χ3v) is 5.03. The van der Waals surface area contributed by atoms with Gasteiger partial charge in [-0.25, -0.2) is 0 Å². The van der Waals surface area contributed by atoms with Crippen LogP contribution < -0.4 is 15.0 Å². The first kappa shape index (κ1) is 18.2. The number of nitrogens with zero attached hydrogens (tertiary/aromatic N) is 2. The number of anilines is 1. The van der Waals surface area contributed by atoms with Crippen molar-refractivity contribution in [3.05, 3.63) is 53.9 Å². The summed E-state index contributed by atoms with van der Waals surface area (Å²) >= 11 is 0. The molecule has 2 heterocycles. The molecule has 5 heteroatoms. The fraction of sp³-hybridized carbons (Fsp3) is 0.429. The van der Waals surface area contributed by atoms with Gasteiger partial charge in [0.15, 0.2) is 0 Å². The van der Waals surface area contributed by atoms with E-state index in [0.717, 1.165) is 30.0 Å². The predicted octanol–water partition coefficient (Wildman–Crippen LogP) is 3.79. The summed E-state index contributed by atoms with van der Waals surface area (Å²) in [4.78, 5) is 19.2. The first-order valence-electron chi connectivity index (χ1n) is 9.34. The van der Waals surface area contributed by atoms with Crippen LogP contribution in [-0.2, 0) is 6.54 Å². The van der Waals surface area contributed by atoms with E-state index in [4.69, 9.17) is 4.74 Å². The van der Waals surface area contributed by atoms with E-state index in [-0.39, 0.29) is 5.91 Å². The number of hydrogen-bond donors (Lipinski definition) is 1. The number of nitrogens with one attached hydrogen (secondary N) is 1. The minimum atomic E-state index is -0.0970. The smallest absolute Gasteiger partial charge is 0.253 e. The van der Waals surface area contributed by atoms with Crippen LogP contribution in [0.15, 0.2) is 42.7 Å². The van der Waals surface area contributed by atoms with E-state index in [1.165, 1.54) is 19.3 Å². The number of aromatic nitrogens is 1. The Balaban J connectivity index is 1.65. The van der Waals surface area contributed by atoms with Crippen LogP contribution in [0, 0.1) is 0 Å². The van der Waals surface area contributed by atoms with Crippen LogP contribution in [-0.4, -0.2) is 30.6 Å². The van der Waals surface area contributed by atoms with Crippen molar-refractivity contribution in [2.45, 2.75) is 45.2 Å². The number of amides is 1. The number of piperidine rings is 1. The first-order valence-corrected chi connectivity index (χ1v) is 9.34. The molecule has 1 aliphatic heterocycles. The summed E-state index contributed by atoms with van der Waals surface area (Å²) in [5.74, 6) is 0.712. The van der Waals surface area contributed by atoms with Gasteiger partial charge in [0.1, 0.15) is 5.75 Å². The number of rotatable bonds is 6. The monoisotopic (exact) mass is 353 g/mol. The highest BCUT2D eigenvalue weighted by Gasteiger charge is 2.22. The molecule has 1 N–H and O–H groups in total. The summed E-state index contributed by atoms with van der Waals surface area (Å²) in [7, 11) is 1.64. The van der Waals surface area contributed by atoms with Gasteiger partial charge in [0.2, 0.25) is 0 Å². The minimum absolute atomic E-state index is 0.0970. The van der Waals surface area contributed by atoms with Crippen molar-refractivity contribution in [3.8, 4) is 5.75 Å². The standard InChI is InChI=1S/C21H27N3O2/c1-3-18-6-4-5-11-24(18)19-12-17(14-22-15-19)21(25)23-13-16-7-9-20(26-2)10-8-16/h7-10,12,14-15,18H,3-6,11,13H2,1-2H3,(H,23,25). The zero-order chi connectivity index (χ0) is 18.4. The molecule has 0 bridgehead atoms. The van der Waals surface area contributed by atoms with Crippen LogP contribution in [0.1, 0.15) is 48.5 Å². The molecule has 138 valence electrons. The number of pyridine rings is 1. The normalized spacial score (nSPS) is 17.0. The van der Waals surface area contributed by atoms with Gasteiger partial charge in [0.05, 0.1) is 24.6 Å². The largest absolute Gasteiger partial charge is 0.497 e. The second-order valence-electron chi connectivity index (χ2n) is 6.71. The Morgan fingerprint density at radius 1 is 1.27 bits per heavy atom. The van der Waals surface area contributed by atoms with Crippen molar-refractivity contribution in [3.63, 3.8) is 0 Å². The molecule has 0 spiro atoms. The van der Waals surface area contributed by atoms with E-state index in [1.807, 2.05) is 36.5 Å². The first-order chi connectivity index (χ1) is 12.7. The van der Waals surface area contributed by atoms with Gasteiger partial charge >= 0.3 is 0 Å². The van der Waals surface area contributed by atoms with Crippen LogP contribution in [0.3, 0.4) is 0 Å². The molecule has 26 heavy (non-hydrogen) atoms. The predicted molar refractivity (Wildman–Crippen MR) is 104 cm³/mol. The highest BCUT2D eigenvalue weighted by atomic mass is 16.5. The lowest BCUT2D eigenvalue weighted by Crippen LogP contribution is -2.39. The maximum atomic E-state index is 12.5. The third kappa shape index (κ3) is 4.34. The molecular weight excluding hydrogens is 326 g/mol. The van der Waals surface area contributed by atoms with Gasteiger partial charge in [-0.2, -0.15) is 0 Å². The maximum Gasteiger partial charge on any atom is 0.253 e. The molecule has 1 amide bonds. The Bertz CT molecular complexity index is 730. The van der Waals surface area contributed by atoms with Crippen molar-refractivity contribution < 1.29 is 9.53 Å². The lowest BCUT2D eigenvalue weighted by molar-refractivity contribution is 0.0950. The van der Waals surface area contributed by atoms with Crippen molar-refractivity contribution in [2.75, 3.05) is 18.6 Å². The second-order valence-corrected chi connectivity index (χ2v) is 6.71. The fourth-order valence-corrected chi connectivity index (χ4v) is 3.50. The number of carbonyl (C=O) groups is 1. The van der Waals surface area contributed by atoms with Gasteiger partial charge in [-0.3, -0.25) is 9.78 Å². The van der Waals surface area contributed by atoms with Gasteiger partial charge < -0.3 is 15.0 Å². The van der Waals surface area contributed by atoms with Gasteiger partial charge in [-0.1, -0.05) is 19.1 Å². The molecule has 0 saturated carbocycles. The zero-order valence-electron chi connectivity index (χ0n) is 15.6. The summed E-state index contributed by atoms with van der Waals surface area (Å²) in [5, 5.41) is 2.97. The quantitative estimate of drug-likeness (QED) is 0.858. The van der Waals surface area contributed by atoms with Crippen LogP contribution >= 0.6 is 0 Å². The van der Waals surface area contributed by atoms with Crippen molar-refractivity contribution in [1.82, 2.24) is 10.3 Å². The molecule has 1 unspecified atom stereocenters. The van der Waals surface area contributed by atoms with Gasteiger partial charge in [-0.15, -0.1) is 0 Å². The fourth-order valence-electron chi connectivity index (χ4n) is 3.50. The number of methoxy groups -OCH3 is 1. The van der Waals surface area contributed by atoms with Crippen LogP contribution in [0.4, 0.5) is 5.69 Å². The zero-order valence-corrected chi connectivity index (χ0v) is 15.6.